The molecule has 664 valence electrons. The number of aromatic nitrogens is 15. The smallest absolute Gasteiger partial charge is 0.535 e. The monoisotopic (exact) mass is 2120 g/mol. The van der Waals surface area contributed by atoms with E-state index in [0.717, 1.165) is 180 Å². The zero-order chi connectivity index (χ0) is 87.7. The van der Waals surface area contributed by atoms with E-state index in [0.29, 0.717) is 23.8 Å². The second-order valence-corrected chi connectivity index (χ2v) is 30.9. The molecule has 0 fully saturated rings. The Balaban J connectivity index is 0.000000119. The normalized spacial score (nSPS) is 11.1. The van der Waals surface area contributed by atoms with Crippen LogP contribution in [0, 0.1) is 48.8 Å². The van der Waals surface area contributed by atoms with Crippen molar-refractivity contribution < 1.29 is 108 Å². The van der Waals surface area contributed by atoms with Crippen molar-refractivity contribution in [3.8, 4) is 74.3 Å². The van der Waals surface area contributed by atoms with E-state index in [2.05, 4.69) is 185 Å². The van der Waals surface area contributed by atoms with E-state index in [4.69, 9.17) is 52.6 Å². The topological polar surface area (TPSA) is 187 Å². The summed E-state index contributed by atoms with van der Waals surface area (Å²) < 4.78 is 38.6. The fourth-order valence-electron chi connectivity index (χ4n) is 16.6. The second-order valence-electron chi connectivity index (χ2n) is 30.9. The zero-order valence-electron chi connectivity index (χ0n) is 72.1. The van der Waals surface area contributed by atoms with Gasteiger partial charge in [0.25, 0.3) is 0 Å². The summed E-state index contributed by atoms with van der Waals surface area (Å²) in [5.74, 6) is 7.43. The van der Waals surface area contributed by atoms with Gasteiger partial charge in [0.15, 0.2) is 17.0 Å². The number of benzene rings is 8. The molecule has 0 aliphatic rings. The van der Waals surface area contributed by atoms with Gasteiger partial charge in [0.1, 0.15) is 66.4 Å². The molecule has 0 radical (unpaired) electrons. The first-order chi connectivity index (χ1) is 64.7. The third-order valence-corrected chi connectivity index (χ3v) is 22.7. The second kappa shape index (κ2) is 40.0. The van der Waals surface area contributed by atoms with Crippen LogP contribution in [0.5, 0.6) is 0 Å². The molecule has 0 saturated carbocycles. The molecule has 25 aromatic rings. The van der Waals surface area contributed by atoms with E-state index < -0.39 is 0 Å². The maximum absolute atomic E-state index is 6.06. The van der Waals surface area contributed by atoms with Gasteiger partial charge in [-0.2, -0.15) is 30.3 Å². The van der Waals surface area contributed by atoms with E-state index in [1.54, 1.807) is 12.5 Å². The van der Waals surface area contributed by atoms with Crippen LogP contribution in [0.4, 0.5) is 28.8 Å². The molecule has 0 bridgehead atoms. The molecule has 25 heteroatoms. The van der Waals surface area contributed by atoms with Crippen LogP contribution in [0.2, 0.25) is 0 Å². The molecule has 21 nitrogen and oxygen atoms in total. The summed E-state index contributed by atoms with van der Waals surface area (Å²) in [4.78, 5) is 38.9. The van der Waals surface area contributed by atoms with Crippen LogP contribution >= 0.6 is 0 Å². The molecule has 0 aliphatic carbocycles. The summed E-state index contributed by atoms with van der Waals surface area (Å²) in [7, 11) is 6.07. The number of nitrogens with zero attached hydrogens (tertiary/aromatic N) is 17. The van der Waals surface area contributed by atoms with Crippen molar-refractivity contribution in [3.05, 3.63) is 432 Å². The number of imidazole rings is 1. The fraction of sp³-hybridized carbons (Fsp3) is 0.0364. The number of anilines is 5. The molecule has 8 aromatic carbocycles. The maximum atomic E-state index is 6.06. The molecule has 17 heterocycles. The molecular formula is C110H74N17O4Pd4-. The van der Waals surface area contributed by atoms with Crippen molar-refractivity contribution in [2.24, 2.45) is 21.1 Å². The van der Waals surface area contributed by atoms with E-state index in [1.165, 1.54) is 6.26 Å². The van der Waals surface area contributed by atoms with Crippen LogP contribution in [-0.2, 0) is 103 Å². The summed E-state index contributed by atoms with van der Waals surface area (Å²) in [6.45, 7) is 0.505. The van der Waals surface area contributed by atoms with Gasteiger partial charge in [0.05, 0.1) is 17.5 Å². The van der Waals surface area contributed by atoms with Gasteiger partial charge in [-0.1, -0.05) is 180 Å². The fourth-order valence-corrected chi connectivity index (χ4v) is 16.6. The Kier molecular flexibility index (Phi) is 26.7. The molecule has 0 aliphatic heterocycles. The minimum Gasteiger partial charge on any atom is -0.535 e. The van der Waals surface area contributed by atoms with Crippen LogP contribution in [0.25, 0.3) is 169 Å². The number of oxazole rings is 1. The predicted molar refractivity (Wildman–Crippen MR) is 509 cm³/mol. The first-order valence-corrected chi connectivity index (χ1v) is 42.4. The number of pyridine rings is 6. The van der Waals surface area contributed by atoms with Gasteiger partial charge in [-0.15, -0.1) is 141 Å². The van der Waals surface area contributed by atoms with Crippen molar-refractivity contribution in [2.45, 2.75) is 0 Å². The maximum Gasteiger partial charge on any atom is 2.00 e. The van der Waals surface area contributed by atoms with Crippen LogP contribution in [-0.4, -0.2) is 68.8 Å². The molecule has 0 saturated heterocycles. The SMILES string of the molecule is C[n+]1c[cH-]c2c1[n+](C)cn2-c1cccc(N(C[C-]=Cc2coc3oc[c-]c23)c2ccccc2)n1.Cn1[c-]c(-c2nc3c(ccn3-c3cccc(-n4[c-]ccc4)n3)o2)c2ccccc21.[Pd+2].[Pd+2].[Pd+2].[Pd].[c-]1ccccc1-c1cccc(-n2c3ccccc3c3ccc(-c4[c-]cccc4)nc32)n1.[c-]1coc2cccc(-c3cccc(N(c4ccccc4)c4cccc(-n5ccc6ccc[c-]c65)n4)n3)c12. The standard InChI is InChI=1S/C32H20N4O.C28H17N3.C27H22N5O2.C23H15N5O.4Pd/c1-2-10-24(11-3-1)36(31-17-7-13-27(33-31)25-12-6-15-29-26(25)20-22-37-29)32-18-8-16-30(34-32)35-21-19-23-9-4-5-14-28(23)35;1-3-10-20(11-4-1)24-15-9-17-27(29-24)31-26-16-8-7-14-22(26)23-18-19-25(30-28(23)31)21-12-5-2-6-13-21;1-29-16-13-23-26(29)30(2)19-32(23)25-12-6-11-24(28-25)31(21-9-4-3-5-10-21)15-7-8-20-18-34-27-22(20)14-17-33-27;1-26-15-17(16-7-2-3-8-18(16)26)23-25-22-19(29-23)11-14-28(22)21-10-6-9-20(24-21)27-12-4-5-13-27;;;;/h1-13,15-19,21-22H;1-10,12,14-19H;3-6,8-13,16-19H,15H2,1-2H3;2-12,14H,1H3;;;;/q2*-2;-1;-2;;3*+2. The third kappa shape index (κ3) is 18.0. The Bertz CT molecular complexity index is 8440. The minimum absolute atomic E-state index is 0. The van der Waals surface area contributed by atoms with Gasteiger partial charge in [0, 0.05) is 90.4 Å². The first kappa shape index (κ1) is 90.2. The summed E-state index contributed by atoms with van der Waals surface area (Å²) in [5.41, 5.74) is 17.8. The van der Waals surface area contributed by atoms with Crippen molar-refractivity contribution in [2.75, 3.05) is 16.3 Å². The van der Waals surface area contributed by atoms with Gasteiger partial charge < -0.3 is 36.3 Å². The van der Waals surface area contributed by atoms with E-state index in [1.807, 2.05) is 296 Å². The number of hydrogen-bond acceptors (Lipinski definition) is 13. The predicted octanol–water partition coefficient (Wildman–Crippen LogP) is 23.2. The molecule has 17 aromatic heterocycles. The summed E-state index contributed by atoms with van der Waals surface area (Å²) in [5, 5.41) is 6.17. The number of furan rings is 3. The number of fused-ring (bicyclic) bond motifs is 9. The zero-order valence-corrected chi connectivity index (χ0v) is 78.3. The summed E-state index contributed by atoms with van der Waals surface area (Å²) in [6.07, 6.45) is 26.5. The van der Waals surface area contributed by atoms with Gasteiger partial charge in [0.2, 0.25) is 6.33 Å². The van der Waals surface area contributed by atoms with Crippen molar-refractivity contribution in [1.29, 1.82) is 0 Å². The molecule has 25 rings (SSSR count). The average molecular weight is 2120 g/mol. The largest absolute Gasteiger partial charge is 2.00 e. The van der Waals surface area contributed by atoms with Crippen LogP contribution in [0.3, 0.4) is 0 Å². The van der Waals surface area contributed by atoms with E-state index >= 15 is 0 Å². The third-order valence-electron chi connectivity index (χ3n) is 22.7. The minimum atomic E-state index is 0. The molecular weight excluding hydrogens is 2050 g/mol. The Hall–Kier alpha value is -15.3. The summed E-state index contributed by atoms with van der Waals surface area (Å²) in [6, 6.07) is 125. The number of hydrogen-bond donors (Lipinski definition) is 0. The van der Waals surface area contributed by atoms with E-state index in [-0.39, 0.29) is 81.7 Å². The molecule has 0 atom stereocenters. The number of rotatable bonds is 17. The van der Waals surface area contributed by atoms with Crippen LogP contribution in [0.1, 0.15) is 5.56 Å². The average Bonchev–Trinajstić information content (AvgIpc) is 1.60. The van der Waals surface area contributed by atoms with Crippen LogP contribution in [0.15, 0.2) is 395 Å². The Morgan fingerprint density at radius 3 is 1.88 bits per heavy atom. The van der Waals surface area contributed by atoms with Crippen molar-refractivity contribution in [3.63, 3.8) is 0 Å². The van der Waals surface area contributed by atoms with Gasteiger partial charge >= 0.3 is 66.9 Å². The number of para-hydroxylation sites is 5. The molecule has 135 heavy (non-hydrogen) atoms. The molecule has 0 unspecified atom stereocenters. The van der Waals surface area contributed by atoms with E-state index in [9.17, 15) is 0 Å². The first-order valence-electron chi connectivity index (χ1n) is 42.4. The van der Waals surface area contributed by atoms with Gasteiger partial charge in [-0.05, 0) is 110 Å². The Morgan fingerprint density at radius 2 is 1.10 bits per heavy atom. The molecule has 0 amide bonds. The number of aryl methyl sites for hydroxylation is 3. The van der Waals surface area contributed by atoms with Gasteiger partial charge in [-0.25, -0.2) is 41.2 Å². The Morgan fingerprint density at radius 1 is 0.452 bits per heavy atom. The summed E-state index contributed by atoms with van der Waals surface area (Å²) >= 11 is 0. The van der Waals surface area contributed by atoms with Crippen molar-refractivity contribution >= 4 is 123 Å². The Labute approximate surface area is 830 Å². The molecule has 0 N–H and O–H groups in total. The van der Waals surface area contributed by atoms with Crippen molar-refractivity contribution in [1.82, 2.24) is 62.3 Å². The van der Waals surface area contributed by atoms with Crippen LogP contribution < -0.4 is 18.9 Å². The van der Waals surface area contributed by atoms with Gasteiger partial charge in [-0.3, -0.25) is 33.6 Å². The quantitative estimate of drug-likeness (QED) is 0.0476. The molecule has 0 spiro atoms.